The molecule has 0 radical (unpaired) electrons. The first-order valence-corrected chi connectivity index (χ1v) is 7.90. The molecule has 3 rings (SSSR count). The molecule has 2 aliphatic heterocycles. The van der Waals surface area contributed by atoms with Gasteiger partial charge in [-0.15, -0.1) is 0 Å². The van der Waals surface area contributed by atoms with Crippen LogP contribution in [-0.2, 0) is 4.79 Å². The Morgan fingerprint density at radius 1 is 1.24 bits per heavy atom. The molecule has 114 valence electrons. The van der Waals surface area contributed by atoms with Gasteiger partial charge < -0.3 is 10.2 Å². The van der Waals surface area contributed by atoms with Crippen molar-refractivity contribution in [1.29, 1.82) is 0 Å². The van der Waals surface area contributed by atoms with E-state index in [0.29, 0.717) is 12.5 Å². The molecule has 0 bridgehead atoms. The van der Waals surface area contributed by atoms with E-state index in [1.807, 2.05) is 12.4 Å². The Balaban J connectivity index is 1.58. The molecule has 1 unspecified atom stereocenters. The Kier molecular flexibility index (Phi) is 4.39. The van der Waals surface area contributed by atoms with Crippen molar-refractivity contribution < 1.29 is 4.79 Å². The number of amides is 1. The van der Waals surface area contributed by atoms with Gasteiger partial charge in [0.05, 0.1) is 0 Å². The van der Waals surface area contributed by atoms with Crippen LogP contribution in [0.25, 0.3) is 0 Å². The molecule has 5 nitrogen and oxygen atoms in total. The molecule has 1 aromatic heterocycles. The van der Waals surface area contributed by atoms with Gasteiger partial charge in [0, 0.05) is 63.3 Å². The number of aromatic nitrogens is 1. The summed E-state index contributed by atoms with van der Waals surface area (Å²) in [5, 5.41) is 2.97. The number of anilines is 1. The highest BCUT2D eigenvalue weighted by molar-refractivity contribution is 5.76. The molecule has 0 aliphatic carbocycles. The van der Waals surface area contributed by atoms with E-state index in [-0.39, 0.29) is 5.91 Å². The normalized spacial score (nSPS) is 24.5. The molecule has 0 aromatic carbocycles. The molecule has 2 saturated heterocycles. The molecule has 5 heteroatoms. The van der Waals surface area contributed by atoms with Crippen molar-refractivity contribution in [3.8, 4) is 0 Å². The van der Waals surface area contributed by atoms with Crippen LogP contribution in [0.3, 0.4) is 0 Å². The number of hydrogen-bond donors (Lipinski definition) is 1. The number of aryl methyl sites for hydroxylation is 1. The summed E-state index contributed by atoms with van der Waals surface area (Å²) in [6.45, 7) is 7.23. The van der Waals surface area contributed by atoms with Crippen molar-refractivity contribution in [2.75, 3.05) is 37.6 Å². The van der Waals surface area contributed by atoms with E-state index < -0.39 is 0 Å². The fourth-order valence-electron chi connectivity index (χ4n) is 3.42. The van der Waals surface area contributed by atoms with Crippen LogP contribution < -0.4 is 10.2 Å². The summed E-state index contributed by atoms with van der Waals surface area (Å²) in [5.41, 5.74) is 2.55. The van der Waals surface area contributed by atoms with Crippen LogP contribution in [0, 0.1) is 6.92 Å². The van der Waals surface area contributed by atoms with Crippen molar-refractivity contribution in [2.24, 2.45) is 0 Å². The van der Waals surface area contributed by atoms with E-state index in [1.54, 1.807) is 0 Å². The third kappa shape index (κ3) is 3.35. The summed E-state index contributed by atoms with van der Waals surface area (Å²) in [4.78, 5) is 20.6. The maximum Gasteiger partial charge on any atom is 0.220 e. The fraction of sp³-hybridized carbons (Fsp3) is 0.625. The van der Waals surface area contributed by atoms with Gasteiger partial charge >= 0.3 is 0 Å². The Bertz CT molecular complexity index is 497. The van der Waals surface area contributed by atoms with Gasteiger partial charge in [0.1, 0.15) is 0 Å². The van der Waals surface area contributed by atoms with Gasteiger partial charge in [-0.2, -0.15) is 0 Å². The average Bonchev–Trinajstić information content (AvgIpc) is 2.73. The van der Waals surface area contributed by atoms with E-state index in [9.17, 15) is 4.79 Å². The molecule has 0 saturated carbocycles. The minimum absolute atomic E-state index is 0.212. The summed E-state index contributed by atoms with van der Waals surface area (Å²) in [6, 6.07) is 2.67. The Morgan fingerprint density at radius 3 is 2.81 bits per heavy atom. The molecule has 1 atom stereocenters. The molecule has 3 heterocycles. The summed E-state index contributed by atoms with van der Waals surface area (Å²) in [5.74, 6) is 0.212. The summed E-state index contributed by atoms with van der Waals surface area (Å²) >= 11 is 0. The van der Waals surface area contributed by atoms with E-state index >= 15 is 0 Å². The van der Waals surface area contributed by atoms with Gasteiger partial charge in [0.25, 0.3) is 0 Å². The fourth-order valence-corrected chi connectivity index (χ4v) is 3.42. The lowest BCUT2D eigenvalue weighted by atomic mass is 10.1. The molecule has 2 fully saturated rings. The van der Waals surface area contributed by atoms with Crippen molar-refractivity contribution in [3.63, 3.8) is 0 Å². The number of hydrogen-bond acceptors (Lipinski definition) is 4. The van der Waals surface area contributed by atoms with Crippen LogP contribution in [0.1, 0.15) is 24.8 Å². The lowest BCUT2D eigenvalue weighted by Gasteiger charge is -2.40. The number of piperazine rings is 1. The Hall–Kier alpha value is -1.62. The average molecular weight is 288 g/mol. The summed E-state index contributed by atoms with van der Waals surface area (Å²) in [6.07, 6.45) is 6.57. The van der Waals surface area contributed by atoms with Gasteiger partial charge in [-0.1, -0.05) is 0 Å². The lowest BCUT2D eigenvalue weighted by Crippen LogP contribution is -2.50. The van der Waals surface area contributed by atoms with E-state index in [1.165, 1.54) is 11.3 Å². The van der Waals surface area contributed by atoms with E-state index in [4.69, 9.17) is 0 Å². The van der Waals surface area contributed by atoms with Crippen molar-refractivity contribution >= 4 is 11.6 Å². The van der Waals surface area contributed by atoms with Crippen molar-refractivity contribution in [2.45, 2.75) is 32.2 Å². The lowest BCUT2D eigenvalue weighted by molar-refractivity contribution is -0.120. The van der Waals surface area contributed by atoms with Crippen LogP contribution in [0.2, 0.25) is 0 Å². The highest BCUT2D eigenvalue weighted by atomic mass is 16.1. The molecule has 1 amide bonds. The molecular formula is C16H24N4O. The molecule has 21 heavy (non-hydrogen) atoms. The first-order chi connectivity index (χ1) is 10.2. The third-order valence-electron chi connectivity index (χ3n) is 4.67. The van der Waals surface area contributed by atoms with Gasteiger partial charge in [-0.3, -0.25) is 14.7 Å². The first kappa shape index (κ1) is 14.3. The van der Waals surface area contributed by atoms with E-state index in [2.05, 4.69) is 33.1 Å². The van der Waals surface area contributed by atoms with Crippen LogP contribution in [0.4, 0.5) is 5.69 Å². The first-order valence-electron chi connectivity index (χ1n) is 7.90. The van der Waals surface area contributed by atoms with Crippen LogP contribution in [0.15, 0.2) is 18.5 Å². The second-order valence-electron chi connectivity index (χ2n) is 6.02. The molecular weight excluding hydrogens is 264 g/mol. The monoisotopic (exact) mass is 288 g/mol. The molecule has 1 aromatic rings. The standard InChI is InChI=1S/C16H24N4O/c1-13-12-17-6-5-15(13)20-10-8-19(9-11-20)14-2-3-16(21)18-7-4-14/h5-6,12,14H,2-4,7-11H2,1H3,(H,18,21). The number of nitrogens with zero attached hydrogens (tertiary/aromatic N) is 3. The minimum atomic E-state index is 0.212. The number of rotatable bonds is 2. The van der Waals surface area contributed by atoms with Crippen molar-refractivity contribution in [3.05, 3.63) is 24.0 Å². The highest BCUT2D eigenvalue weighted by Crippen LogP contribution is 2.22. The van der Waals surface area contributed by atoms with Crippen LogP contribution in [-0.4, -0.2) is 54.6 Å². The summed E-state index contributed by atoms with van der Waals surface area (Å²) < 4.78 is 0. The Morgan fingerprint density at radius 2 is 2.05 bits per heavy atom. The largest absolute Gasteiger partial charge is 0.369 e. The smallest absolute Gasteiger partial charge is 0.220 e. The van der Waals surface area contributed by atoms with Crippen LogP contribution in [0.5, 0.6) is 0 Å². The SMILES string of the molecule is Cc1cnccc1N1CCN(C2CCNC(=O)CC2)CC1. The molecule has 0 spiro atoms. The van der Waals surface area contributed by atoms with Gasteiger partial charge in [-0.25, -0.2) is 0 Å². The highest BCUT2D eigenvalue weighted by Gasteiger charge is 2.26. The molecule has 2 aliphatic rings. The zero-order valence-electron chi connectivity index (χ0n) is 12.7. The number of carbonyl (C=O) groups excluding carboxylic acids is 1. The van der Waals surface area contributed by atoms with Gasteiger partial charge in [0.15, 0.2) is 0 Å². The topological polar surface area (TPSA) is 48.5 Å². The number of carbonyl (C=O) groups is 1. The van der Waals surface area contributed by atoms with Gasteiger partial charge in [0.2, 0.25) is 5.91 Å². The number of pyridine rings is 1. The zero-order valence-corrected chi connectivity index (χ0v) is 12.7. The zero-order chi connectivity index (χ0) is 14.7. The predicted molar refractivity (Wildman–Crippen MR) is 83.4 cm³/mol. The minimum Gasteiger partial charge on any atom is -0.369 e. The molecule has 1 N–H and O–H groups in total. The van der Waals surface area contributed by atoms with Crippen molar-refractivity contribution in [1.82, 2.24) is 15.2 Å². The third-order valence-corrected chi connectivity index (χ3v) is 4.67. The maximum atomic E-state index is 11.4. The van der Waals surface area contributed by atoms with Gasteiger partial charge in [-0.05, 0) is 31.4 Å². The summed E-state index contributed by atoms with van der Waals surface area (Å²) in [7, 11) is 0. The quantitative estimate of drug-likeness (QED) is 0.888. The number of nitrogens with one attached hydrogen (secondary N) is 1. The maximum absolute atomic E-state index is 11.4. The predicted octanol–water partition coefficient (Wildman–Crippen LogP) is 1.18. The second-order valence-corrected chi connectivity index (χ2v) is 6.02. The Labute approximate surface area is 126 Å². The van der Waals surface area contributed by atoms with Crippen LogP contribution >= 0.6 is 0 Å². The second kappa shape index (κ2) is 6.43. The van der Waals surface area contributed by atoms with E-state index in [0.717, 1.165) is 45.6 Å².